The number of ether oxygens (including phenoxy) is 2. The van der Waals surface area contributed by atoms with Crippen molar-refractivity contribution < 1.29 is 32.4 Å². The molecule has 1 aromatic heterocycles. The molecule has 0 bridgehead atoms. The number of hydrogen-bond acceptors (Lipinski definition) is 6. The molecule has 3 aromatic rings. The average Bonchev–Trinajstić information content (AvgIpc) is 3.30. The van der Waals surface area contributed by atoms with Crippen LogP contribution in [0.1, 0.15) is 48.1 Å². The van der Waals surface area contributed by atoms with Crippen LogP contribution in [0, 0.1) is 10.1 Å². The van der Waals surface area contributed by atoms with E-state index in [4.69, 9.17) is 13.9 Å². The molecule has 10 heteroatoms. The number of hydrogen-bond donors (Lipinski definition) is 1. The van der Waals surface area contributed by atoms with Crippen molar-refractivity contribution in [3.05, 3.63) is 81.8 Å². The topological polar surface area (TPSA) is 104 Å². The van der Waals surface area contributed by atoms with E-state index in [2.05, 4.69) is 19.2 Å². The number of carbonyl (C=O) groups is 1. The largest absolute Gasteiger partial charge is 0.487 e. The SMILES string of the molecule is CCC(C)c1ccc(OCc2ccc(C(=O)Nc3cc(OCC(F)F)cc([N+](=O)[O-])c3)o2)cc1. The van der Waals surface area contributed by atoms with Gasteiger partial charge in [0.25, 0.3) is 18.0 Å². The molecule has 0 aliphatic heterocycles. The third-order valence-electron chi connectivity index (χ3n) is 5.06. The molecule has 0 saturated heterocycles. The minimum absolute atomic E-state index is 0.000867. The smallest absolute Gasteiger partial charge is 0.291 e. The zero-order chi connectivity index (χ0) is 24.7. The zero-order valence-corrected chi connectivity index (χ0v) is 18.6. The van der Waals surface area contributed by atoms with Gasteiger partial charge in [0.15, 0.2) is 5.76 Å². The minimum atomic E-state index is -2.75. The van der Waals surface area contributed by atoms with E-state index >= 15 is 0 Å². The van der Waals surface area contributed by atoms with Crippen molar-refractivity contribution in [1.29, 1.82) is 0 Å². The quantitative estimate of drug-likeness (QED) is 0.263. The van der Waals surface area contributed by atoms with Crippen molar-refractivity contribution >= 4 is 17.3 Å². The Hall–Kier alpha value is -3.95. The molecule has 180 valence electrons. The van der Waals surface area contributed by atoms with Gasteiger partial charge in [-0.05, 0) is 42.2 Å². The lowest BCUT2D eigenvalue weighted by Gasteiger charge is -2.10. The van der Waals surface area contributed by atoms with Crippen molar-refractivity contribution in [2.75, 3.05) is 11.9 Å². The zero-order valence-electron chi connectivity index (χ0n) is 18.6. The minimum Gasteiger partial charge on any atom is -0.487 e. The molecular weight excluding hydrogens is 450 g/mol. The lowest BCUT2D eigenvalue weighted by molar-refractivity contribution is -0.384. The number of anilines is 1. The molecule has 1 unspecified atom stereocenters. The van der Waals surface area contributed by atoms with Gasteiger partial charge in [0.1, 0.15) is 30.5 Å². The number of halogens is 2. The van der Waals surface area contributed by atoms with Gasteiger partial charge in [0.05, 0.1) is 16.7 Å². The highest BCUT2D eigenvalue weighted by Gasteiger charge is 2.17. The van der Waals surface area contributed by atoms with Gasteiger partial charge < -0.3 is 19.2 Å². The average molecular weight is 474 g/mol. The Balaban J connectivity index is 1.63. The standard InChI is InChI=1S/C24H24F2N2O6/c1-3-15(2)16-4-6-19(7-5-16)32-13-20-8-9-22(34-20)24(29)27-17-10-18(28(30)31)12-21(11-17)33-14-23(25)26/h4-12,15,23H,3,13-14H2,1-2H3,(H,27,29). The summed E-state index contributed by atoms with van der Waals surface area (Å²) < 4.78 is 40.8. The van der Waals surface area contributed by atoms with Gasteiger partial charge in [-0.1, -0.05) is 26.0 Å². The second-order valence-corrected chi connectivity index (χ2v) is 7.56. The Morgan fingerprint density at radius 3 is 2.47 bits per heavy atom. The molecule has 0 radical (unpaired) electrons. The van der Waals surface area contributed by atoms with Crippen molar-refractivity contribution in [2.24, 2.45) is 0 Å². The summed E-state index contributed by atoms with van der Waals surface area (Å²) in [6.45, 7) is 3.43. The lowest BCUT2D eigenvalue weighted by atomic mass is 9.99. The normalized spacial score (nSPS) is 11.8. The Morgan fingerprint density at radius 2 is 1.82 bits per heavy atom. The van der Waals surface area contributed by atoms with Crippen LogP contribution in [-0.4, -0.2) is 23.9 Å². The fourth-order valence-electron chi connectivity index (χ4n) is 3.06. The first kappa shape index (κ1) is 24.7. The summed E-state index contributed by atoms with van der Waals surface area (Å²) in [6.07, 6.45) is -1.71. The summed E-state index contributed by atoms with van der Waals surface area (Å²) >= 11 is 0. The molecule has 0 saturated carbocycles. The lowest BCUT2D eigenvalue weighted by Crippen LogP contribution is -2.12. The van der Waals surface area contributed by atoms with Crippen molar-refractivity contribution in [2.45, 2.75) is 39.2 Å². The number of nitro groups is 1. The van der Waals surface area contributed by atoms with Crippen LogP contribution in [0.4, 0.5) is 20.2 Å². The van der Waals surface area contributed by atoms with Crippen LogP contribution in [0.2, 0.25) is 0 Å². The number of nitro benzene ring substituents is 1. The molecule has 1 atom stereocenters. The summed E-state index contributed by atoms with van der Waals surface area (Å²) in [5.41, 5.74) is 0.796. The predicted octanol–water partition coefficient (Wildman–Crippen LogP) is 6.18. The van der Waals surface area contributed by atoms with Crippen molar-refractivity contribution in [1.82, 2.24) is 0 Å². The maximum absolute atomic E-state index is 12.5. The number of alkyl halides is 2. The first-order valence-corrected chi connectivity index (χ1v) is 10.6. The molecule has 8 nitrogen and oxygen atoms in total. The number of nitrogens with one attached hydrogen (secondary N) is 1. The number of amides is 1. The second kappa shape index (κ2) is 11.3. The number of benzene rings is 2. The van der Waals surface area contributed by atoms with E-state index in [1.807, 2.05) is 24.3 Å². The summed E-state index contributed by atoms with van der Waals surface area (Å²) in [5.74, 6) is 0.617. The third-order valence-corrected chi connectivity index (χ3v) is 5.06. The first-order valence-electron chi connectivity index (χ1n) is 10.6. The molecule has 0 fully saturated rings. The fraction of sp³-hybridized carbons (Fsp3) is 0.292. The molecule has 2 aromatic carbocycles. The van der Waals surface area contributed by atoms with Gasteiger partial charge in [-0.2, -0.15) is 0 Å². The molecule has 34 heavy (non-hydrogen) atoms. The van der Waals surface area contributed by atoms with Gasteiger partial charge in [-0.15, -0.1) is 0 Å². The Labute approximate surface area is 194 Å². The Bertz CT molecular complexity index is 1130. The predicted molar refractivity (Wildman–Crippen MR) is 121 cm³/mol. The second-order valence-electron chi connectivity index (χ2n) is 7.56. The number of carbonyl (C=O) groups excluding carboxylic acids is 1. The van der Waals surface area contributed by atoms with E-state index in [1.54, 1.807) is 6.07 Å². The van der Waals surface area contributed by atoms with Crippen LogP contribution < -0.4 is 14.8 Å². The molecule has 1 heterocycles. The van der Waals surface area contributed by atoms with Crippen molar-refractivity contribution in [3.8, 4) is 11.5 Å². The highest BCUT2D eigenvalue weighted by molar-refractivity contribution is 6.02. The fourth-order valence-corrected chi connectivity index (χ4v) is 3.06. The van der Waals surface area contributed by atoms with Gasteiger partial charge in [-0.3, -0.25) is 14.9 Å². The van der Waals surface area contributed by atoms with E-state index in [1.165, 1.54) is 17.7 Å². The number of non-ortho nitro benzene ring substituents is 1. The Kier molecular flexibility index (Phi) is 8.18. The van der Waals surface area contributed by atoms with E-state index in [-0.39, 0.29) is 23.8 Å². The van der Waals surface area contributed by atoms with E-state index in [9.17, 15) is 23.7 Å². The highest BCUT2D eigenvalue weighted by Crippen LogP contribution is 2.27. The van der Waals surface area contributed by atoms with Crippen LogP contribution >= 0.6 is 0 Å². The highest BCUT2D eigenvalue weighted by atomic mass is 19.3. The van der Waals surface area contributed by atoms with Crippen LogP contribution in [0.25, 0.3) is 0 Å². The molecule has 0 aliphatic carbocycles. The summed E-state index contributed by atoms with van der Waals surface area (Å²) in [6, 6.07) is 14.1. The monoisotopic (exact) mass is 474 g/mol. The van der Waals surface area contributed by atoms with Crippen LogP contribution in [-0.2, 0) is 6.61 Å². The summed E-state index contributed by atoms with van der Waals surface area (Å²) in [5, 5.41) is 13.6. The molecule has 3 rings (SSSR count). The molecule has 0 aliphatic rings. The van der Waals surface area contributed by atoms with E-state index in [0.29, 0.717) is 17.4 Å². The van der Waals surface area contributed by atoms with E-state index in [0.717, 1.165) is 18.6 Å². The van der Waals surface area contributed by atoms with Gasteiger partial charge in [0, 0.05) is 12.1 Å². The van der Waals surface area contributed by atoms with Gasteiger partial charge in [-0.25, -0.2) is 8.78 Å². The van der Waals surface area contributed by atoms with Gasteiger partial charge in [0.2, 0.25) is 0 Å². The summed E-state index contributed by atoms with van der Waals surface area (Å²) in [4.78, 5) is 22.9. The third kappa shape index (κ3) is 6.77. The van der Waals surface area contributed by atoms with Crippen molar-refractivity contribution in [3.63, 3.8) is 0 Å². The molecular formula is C24H24F2N2O6. The number of rotatable bonds is 11. The molecule has 1 amide bonds. The molecule has 0 spiro atoms. The van der Waals surface area contributed by atoms with Crippen LogP contribution in [0.5, 0.6) is 11.5 Å². The van der Waals surface area contributed by atoms with Crippen LogP contribution in [0.3, 0.4) is 0 Å². The maximum atomic E-state index is 12.5. The van der Waals surface area contributed by atoms with Crippen LogP contribution in [0.15, 0.2) is 59.0 Å². The summed E-state index contributed by atoms with van der Waals surface area (Å²) in [7, 11) is 0. The van der Waals surface area contributed by atoms with E-state index < -0.39 is 29.6 Å². The maximum Gasteiger partial charge on any atom is 0.291 e. The van der Waals surface area contributed by atoms with Gasteiger partial charge >= 0.3 is 0 Å². The molecule has 1 N–H and O–H groups in total. The number of furan rings is 1. The first-order chi connectivity index (χ1) is 16.2. The number of nitrogens with zero attached hydrogens (tertiary/aromatic N) is 1. The Morgan fingerprint density at radius 1 is 1.09 bits per heavy atom.